The third kappa shape index (κ3) is 2.82. The maximum atomic E-state index is 6.21. The predicted molar refractivity (Wildman–Crippen MR) is 110 cm³/mol. The zero-order valence-electron chi connectivity index (χ0n) is 18.2. The van der Waals surface area contributed by atoms with Crippen LogP contribution in [0.2, 0.25) is 0 Å². The van der Waals surface area contributed by atoms with Gasteiger partial charge in [-0.2, -0.15) is 0 Å². The monoisotopic (exact) mass is 360 g/mol. The van der Waals surface area contributed by atoms with Crippen LogP contribution in [-0.4, -0.2) is 13.2 Å². The van der Waals surface area contributed by atoms with Gasteiger partial charge in [0.25, 0.3) is 0 Å². The van der Waals surface area contributed by atoms with Crippen LogP contribution in [0.25, 0.3) is 0 Å². The standard InChI is InChI=1S/C25H44O/c1-6-26-16-25-14-11-18(4)15-19(25)7-8-20-22-10-9-21(17(2)3)24(22,5)13-12-23(20)25/h17-23H,6-16H2,1-5H3/t18?,19-,20-,21+,22-,23-,24+,25+/m0/s1. The number of hydrogen-bond acceptors (Lipinski definition) is 1. The number of hydrogen-bond donors (Lipinski definition) is 0. The highest BCUT2D eigenvalue weighted by Gasteiger charge is 2.61. The molecule has 0 aliphatic heterocycles. The molecule has 0 aromatic carbocycles. The zero-order valence-corrected chi connectivity index (χ0v) is 18.2. The summed E-state index contributed by atoms with van der Waals surface area (Å²) in [5.41, 5.74) is 1.17. The molecule has 0 saturated heterocycles. The van der Waals surface area contributed by atoms with Crippen molar-refractivity contribution in [1.82, 2.24) is 0 Å². The first kappa shape index (κ1) is 19.3. The highest BCUT2D eigenvalue weighted by Crippen LogP contribution is 2.68. The maximum Gasteiger partial charge on any atom is 0.0527 e. The summed E-state index contributed by atoms with van der Waals surface area (Å²) in [5.74, 6) is 6.70. The Morgan fingerprint density at radius 1 is 0.962 bits per heavy atom. The molecule has 1 unspecified atom stereocenters. The molecule has 8 atom stereocenters. The van der Waals surface area contributed by atoms with Gasteiger partial charge in [0.1, 0.15) is 0 Å². The van der Waals surface area contributed by atoms with E-state index in [-0.39, 0.29) is 0 Å². The summed E-state index contributed by atoms with van der Waals surface area (Å²) in [4.78, 5) is 0. The Bertz CT molecular complexity index is 494. The predicted octanol–water partition coefficient (Wildman–Crippen LogP) is 6.95. The average Bonchev–Trinajstić information content (AvgIpc) is 2.97. The average molecular weight is 361 g/mol. The summed E-state index contributed by atoms with van der Waals surface area (Å²) in [7, 11) is 0. The van der Waals surface area contributed by atoms with Gasteiger partial charge in [0, 0.05) is 6.61 Å². The molecule has 26 heavy (non-hydrogen) atoms. The van der Waals surface area contributed by atoms with E-state index in [4.69, 9.17) is 4.74 Å². The van der Waals surface area contributed by atoms with Gasteiger partial charge in [-0.15, -0.1) is 0 Å². The Hall–Kier alpha value is -0.0400. The van der Waals surface area contributed by atoms with E-state index in [1.165, 1.54) is 57.8 Å². The molecule has 4 rings (SSSR count). The fourth-order valence-corrected chi connectivity index (χ4v) is 8.97. The van der Waals surface area contributed by atoms with E-state index in [1.54, 1.807) is 0 Å². The lowest BCUT2D eigenvalue weighted by Gasteiger charge is -2.62. The van der Waals surface area contributed by atoms with E-state index in [1.807, 2.05) is 0 Å². The lowest BCUT2D eigenvalue weighted by molar-refractivity contribution is -0.156. The lowest BCUT2D eigenvalue weighted by Crippen LogP contribution is -2.56. The molecule has 1 heteroatoms. The zero-order chi connectivity index (χ0) is 18.5. The minimum atomic E-state index is 0.530. The van der Waals surface area contributed by atoms with Gasteiger partial charge in [-0.1, -0.05) is 34.1 Å². The second-order valence-corrected chi connectivity index (χ2v) is 11.4. The molecule has 4 aliphatic carbocycles. The van der Waals surface area contributed by atoms with Gasteiger partial charge in [-0.25, -0.2) is 0 Å². The van der Waals surface area contributed by atoms with Gasteiger partial charge < -0.3 is 4.74 Å². The van der Waals surface area contributed by atoms with Crippen molar-refractivity contribution in [2.24, 2.45) is 52.3 Å². The van der Waals surface area contributed by atoms with Gasteiger partial charge in [0.15, 0.2) is 0 Å². The van der Waals surface area contributed by atoms with E-state index in [0.717, 1.165) is 54.6 Å². The molecule has 0 radical (unpaired) electrons. The van der Waals surface area contributed by atoms with E-state index in [2.05, 4.69) is 34.6 Å². The molecule has 0 aromatic rings. The molecule has 4 aliphatic rings. The molecule has 4 saturated carbocycles. The first-order chi connectivity index (χ1) is 12.4. The van der Waals surface area contributed by atoms with Crippen LogP contribution in [-0.2, 0) is 4.74 Å². The topological polar surface area (TPSA) is 9.23 Å². The molecular formula is C25H44O. The molecule has 4 fully saturated rings. The highest BCUT2D eigenvalue weighted by atomic mass is 16.5. The Balaban J connectivity index is 1.62. The summed E-state index contributed by atoms with van der Waals surface area (Å²) >= 11 is 0. The van der Waals surface area contributed by atoms with Gasteiger partial charge in [-0.3, -0.25) is 0 Å². The Morgan fingerprint density at radius 2 is 1.77 bits per heavy atom. The molecular weight excluding hydrogens is 316 g/mol. The molecule has 150 valence electrons. The first-order valence-corrected chi connectivity index (χ1v) is 12.0. The maximum absolute atomic E-state index is 6.21. The number of ether oxygens (including phenoxy) is 1. The van der Waals surface area contributed by atoms with Crippen molar-refractivity contribution < 1.29 is 4.74 Å². The van der Waals surface area contributed by atoms with Crippen molar-refractivity contribution in [1.29, 1.82) is 0 Å². The molecule has 0 heterocycles. The van der Waals surface area contributed by atoms with Crippen molar-refractivity contribution >= 4 is 0 Å². The second kappa shape index (κ2) is 7.09. The van der Waals surface area contributed by atoms with Crippen LogP contribution >= 0.6 is 0 Å². The summed E-state index contributed by atoms with van der Waals surface area (Å²) in [6.45, 7) is 14.3. The minimum absolute atomic E-state index is 0.530. The molecule has 0 spiro atoms. The van der Waals surface area contributed by atoms with Crippen LogP contribution < -0.4 is 0 Å². The molecule has 0 aromatic heterocycles. The second-order valence-electron chi connectivity index (χ2n) is 11.4. The van der Waals surface area contributed by atoms with Gasteiger partial charge in [0.05, 0.1) is 6.61 Å². The number of fused-ring (bicyclic) bond motifs is 5. The van der Waals surface area contributed by atoms with Gasteiger partial charge in [0.2, 0.25) is 0 Å². The van der Waals surface area contributed by atoms with Crippen molar-refractivity contribution in [2.75, 3.05) is 13.2 Å². The first-order valence-electron chi connectivity index (χ1n) is 12.0. The normalized spacial score (nSPS) is 51.0. The third-order valence-corrected chi connectivity index (χ3v) is 10.1. The van der Waals surface area contributed by atoms with E-state index in [0.29, 0.717) is 10.8 Å². The van der Waals surface area contributed by atoms with E-state index >= 15 is 0 Å². The fourth-order valence-electron chi connectivity index (χ4n) is 8.97. The molecule has 0 bridgehead atoms. The Labute approximate surface area is 163 Å². The highest BCUT2D eigenvalue weighted by molar-refractivity contribution is 5.10. The van der Waals surface area contributed by atoms with Crippen LogP contribution in [0.1, 0.15) is 92.4 Å². The van der Waals surface area contributed by atoms with Gasteiger partial charge in [-0.05, 0) is 111 Å². The van der Waals surface area contributed by atoms with Crippen molar-refractivity contribution in [3.63, 3.8) is 0 Å². The van der Waals surface area contributed by atoms with Crippen LogP contribution in [0.3, 0.4) is 0 Å². The van der Waals surface area contributed by atoms with Crippen LogP contribution in [0.4, 0.5) is 0 Å². The smallest absolute Gasteiger partial charge is 0.0527 e. The fraction of sp³-hybridized carbons (Fsp3) is 1.00. The molecule has 0 amide bonds. The SMILES string of the molecule is CCOC[C@]12CCC(C)C[C@@H]1CC[C@H]1[C@@H]3CC[C@H](C(C)C)[C@@]3(C)CC[C@@H]12. The number of rotatable bonds is 4. The Kier molecular flexibility index (Phi) is 5.26. The van der Waals surface area contributed by atoms with Crippen LogP contribution in [0.15, 0.2) is 0 Å². The summed E-state index contributed by atoms with van der Waals surface area (Å²) in [6, 6.07) is 0. The Morgan fingerprint density at radius 3 is 2.50 bits per heavy atom. The van der Waals surface area contributed by atoms with Crippen molar-refractivity contribution in [3.05, 3.63) is 0 Å². The van der Waals surface area contributed by atoms with Crippen LogP contribution in [0.5, 0.6) is 0 Å². The largest absolute Gasteiger partial charge is 0.381 e. The van der Waals surface area contributed by atoms with E-state index in [9.17, 15) is 0 Å². The van der Waals surface area contributed by atoms with Crippen molar-refractivity contribution in [3.8, 4) is 0 Å². The third-order valence-electron chi connectivity index (χ3n) is 10.1. The minimum Gasteiger partial charge on any atom is -0.381 e. The van der Waals surface area contributed by atoms with E-state index < -0.39 is 0 Å². The summed E-state index contributed by atoms with van der Waals surface area (Å²) in [5, 5.41) is 0. The van der Waals surface area contributed by atoms with Gasteiger partial charge >= 0.3 is 0 Å². The summed E-state index contributed by atoms with van der Waals surface area (Å²) in [6.07, 6.45) is 13.4. The molecule has 0 N–H and O–H groups in total. The summed E-state index contributed by atoms with van der Waals surface area (Å²) < 4.78 is 6.21. The lowest BCUT2D eigenvalue weighted by atomic mass is 9.43. The van der Waals surface area contributed by atoms with Crippen molar-refractivity contribution in [2.45, 2.75) is 92.4 Å². The van der Waals surface area contributed by atoms with Crippen LogP contribution in [0, 0.1) is 52.3 Å². The quantitative estimate of drug-likeness (QED) is 0.527. The molecule has 1 nitrogen and oxygen atoms in total.